The maximum Gasteiger partial charge on any atom is 0.410 e. The molecule has 0 bridgehead atoms. The second-order valence-electron chi connectivity index (χ2n) is 7.85. The summed E-state index contributed by atoms with van der Waals surface area (Å²) in [6, 6.07) is 18.3. The summed E-state index contributed by atoms with van der Waals surface area (Å²) in [7, 11) is 0. The minimum absolute atomic E-state index is 0.177. The summed E-state index contributed by atoms with van der Waals surface area (Å²) in [5.74, 6) is -0.528. The van der Waals surface area contributed by atoms with E-state index in [1.54, 1.807) is 16.4 Å². The number of hydrogen-bond donors (Lipinski definition) is 1. The van der Waals surface area contributed by atoms with Crippen molar-refractivity contribution in [2.24, 2.45) is 0 Å². The maximum atomic E-state index is 12.7. The normalized spacial score (nSPS) is 18.1. The summed E-state index contributed by atoms with van der Waals surface area (Å²) in [5, 5.41) is 10.8. The van der Waals surface area contributed by atoms with E-state index in [0.29, 0.717) is 18.7 Å². The van der Waals surface area contributed by atoms with Gasteiger partial charge < -0.3 is 24.0 Å². The highest BCUT2D eigenvalue weighted by atomic mass is 16.6. The number of esters is 1. The van der Waals surface area contributed by atoms with E-state index in [-0.39, 0.29) is 25.5 Å². The number of carbonyl (C=O) groups excluding carboxylic acids is 2. The van der Waals surface area contributed by atoms with E-state index in [4.69, 9.17) is 9.47 Å². The maximum absolute atomic E-state index is 12.7. The van der Waals surface area contributed by atoms with Crippen molar-refractivity contribution < 1.29 is 24.2 Å². The number of aliphatic hydroxyl groups is 1. The number of aliphatic hydroxyl groups excluding tert-OH is 1. The van der Waals surface area contributed by atoms with Crippen molar-refractivity contribution in [3.63, 3.8) is 0 Å². The van der Waals surface area contributed by atoms with Crippen LogP contribution in [0.25, 0.3) is 11.3 Å². The molecule has 0 saturated carbocycles. The zero-order chi connectivity index (χ0) is 23.2. The number of piperidine rings is 1. The van der Waals surface area contributed by atoms with Gasteiger partial charge in [0.15, 0.2) is 5.69 Å². The first-order chi connectivity index (χ1) is 16.1. The molecular formula is C25H27N3O5. The van der Waals surface area contributed by atoms with E-state index >= 15 is 0 Å². The average Bonchev–Trinajstić information content (AvgIpc) is 3.29. The number of carbonyl (C=O) groups is 2. The summed E-state index contributed by atoms with van der Waals surface area (Å²) in [6.07, 6.45) is 0.755. The SMILES string of the molecule is CCOC(=O)c1ncn([C@H]2CN(C(=O)OCc3ccccc3)CC[C@@H]2O)c1-c1ccccc1. The Morgan fingerprint density at radius 2 is 1.76 bits per heavy atom. The van der Waals surface area contributed by atoms with Crippen molar-refractivity contribution in [1.29, 1.82) is 0 Å². The van der Waals surface area contributed by atoms with Gasteiger partial charge in [-0.2, -0.15) is 0 Å². The van der Waals surface area contributed by atoms with E-state index in [1.165, 1.54) is 6.33 Å². The van der Waals surface area contributed by atoms with Crippen LogP contribution in [0, 0.1) is 0 Å². The van der Waals surface area contributed by atoms with E-state index < -0.39 is 24.2 Å². The van der Waals surface area contributed by atoms with Crippen molar-refractivity contribution in [3.8, 4) is 11.3 Å². The fourth-order valence-electron chi connectivity index (χ4n) is 4.01. The zero-order valence-electron chi connectivity index (χ0n) is 18.5. The lowest BCUT2D eigenvalue weighted by atomic mass is 10.0. The lowest BCUT2D eigenvalue weighted by Crippen LogP contribution is -2.47. The molecule has 1 amide bonds. The van der Waals surface area contributed by atoms with Crippen LogP contribution in [0.5, 0.6) is 0 Å². The molecule has 1 saturated heterocycles. The van der Waals surface area contributed by atoms with Gasteiger partial charge in [0.05, 0.1) is 30.8 Å². The highest BCUT2D eigenvalue weighted by Gasteiger charge is 2.35. The Hall–Kier alpha value is -3.65. The fraction of sp³-hybridized carbons (Fsp3) is 0.320. The van der Waals surface area contributed by atoms with E-state index in [9.17, 15) is 14.7 Å². The highest BCUT2D eigenvalue weighted by molar-refractivity contribution is 5.94. The predicted octanol–water partition coefficient (Wildman–Crippen LogP) is 3.67. The Morgan fingerprint density at radius 1 is 1.06 bits per heavy atom. The van der Waals surface area contributed by atoms with Gasteiger partial charge in [-0.3, -0.25) is 0 Å². The third-order valence-corrected chi connectivity index (χ3v) is 5.68. The van der Waals surface area contributed by atoms with E-state index in [1.807, 2.05) is 60.7 Å². The van der Waals surface area contributed by atoms with Crippen LogP contribution in [0.1, 0.15) is 35.4 Å². The van der Waals surface area contributed by atoms with Crippen LogP contribution in [0.15, 0.2) is 67.0 Å². The molecule has 8 heteroatoms. The van der Waals surface area contributed by atoms with E-state index in [2.05, 4.69) is 4.98 Å². The molecule has 0 spiro atoms. The third-order valence-electron chi connectivity index (χ3n) is 5.68. The molecule has 1 aliphatic heterocycles. The van der Waals surface area contributed by atoms with Crippen molar-refractivity contribution in [2.45, 2.75) is 32.1 Å². The standard InChI is InChI=1S/C25H27N3O5/c1-2-32-24(30)22-23(19-11-7-4-8-12-19)28(17-26-22)20-15-27(14-13-21(20)29)25(31)33-16-18-9-5-3-6-10-18/h3-12,17,20-21,29H,2,13-16H2,1H3/t20-,21-/m0/s1. The number of nitrogens with zero attached hydrogens (tertiary/aromatic N) is 3. The Kier molecular flexibility index (Phi) is 7.04. The van der Waals surface area contributed by atoms with Gasteiger partial charge in [-0.1, -0.05) is 60.7 Å². The first-order valence-corrected chi connectivity index (χ1v) is 11.0. The molecule has 0 radical (unpaired) electrons. The summed E-state index contributed by atoms with van der Waals surface area (Å²) >= 11 is 0. The van der Waals surface area contributed by atoms with Gasteiger partial charge in [-0.15, -0.1) is 0 Å². The Balaban J connectivity index is 1.58. The van der Waals surface area contributed by atoms with Crippen LogP contribution >= 0.6 is 0 Å². The molecule has 1 N–H and O–H groups in total. The molecule has 1 fully saturated rings. The van der Waals surface area contributed by atoms with Gasteiger partial charge in [0, 0.05) is 18.7 Å². The zero-order valence-corrected chi connectivity index (χ0v) is 18.5. The molecule has 2 atom stereocenters. The van der Waals surface area contributed by atoms with E-state index in [0.717, 1.165) is 11.1 Å². The van der Waals surface area contributed by atoms with Gasteiger partial charge in [-0.25, -0.2) is 14.6 Å². The molecule has 3 aromatic rings. The smallest absolute Gasteiger partial charge is 0.410 e. The number of hydrogen-bond acceptors (Lipinski definition) is 6. The van der Waals surface area contributed by atoms with Crippen molar-refractivity contribution in [1.82, 2.24) is 14.5 Å². The van der Waals surface area contributed by atoms with Crippen LogP contribution in [0.3, 0.4) is 0 Å². The summed E-state index contributed by atoms with van der Waals surface area (Å²) < 4.78 is 12.4. The number of aromatic nitrogens is 2. The molecule has 1 aromatic heterocycles. The van der Waals surface area contributed by atoms with Gasteiger partial charge >= 0.3 is 12.1 Å². The van der Waals surface area contributed by atoms with Crippen LogP contribution in [-0.2, 0) is 16.1 Å². The number of rotatable bonds is 6. The number of amides is 1. The second-order valence-corrected chi connectivity index (χ2v) is 7.85. The Labute approximate surface area is 192 Å². The molecule has 8 nitrogen and oxygen atoms in total. The first-order valence-electron chi connectivity index (χ1n) is 11.0. The quantitative estimate of drug-likeness (QED) is 0.577. The molecule has 0 aliphatic carbocycles. The number of likely N-dealkylation sites (tertiary alicyclic amines) is 1. The molecular weight excluding hydrogens is 422 g/mol. The summed E-state index contributed by atoms with van der Waals surface area (Å²) in [4.78, 5) is 31.2. The third kappa shape index (κ3) is 5.06. The van der Waals surface area contributed by atoms with Crippen molar-refractivity contribution in [2.75, 3.05) is 19.7 Å². The van der Waals surface area contributed by atoms with Crippen LogP contribution in [0.4, 0.5) is 4.79 Å². The molecule has 0 unspecified atom stereocenters. The molecule has 172 valence electrons. The molecule has 2 aromatic carbocycles. The molecule has 2 heterocycles. The van der Waals surface area contributed by atoms with Gasteiger partial charge in [0.1, 0.15) is 6.61 Å². The fourth-order valence-corrected chi connectivity index (χ4v) is 4.01. The summed E-state index contributed by atoms with van der Waals surface area (Å²) in [5.41, 5.74) is 2.41. The topological polar surface area (TPSA) is 93.9 Å². The summed E-state index contributed by atoms with van der Waals surface area (Å²) in [6.45, 7) is 2.75. The predicted molar refractivity (Wildman–Crippen MR) is 121 cm³/mol. The van der Waals surface area contributed by atoms with Crippen LogP contribution in [0.2, 0.25) is 0 Å². The lowest BCUT2D eigenvalue weighted by molar-refractivity contribution is 0.0235. The second kappa shape index (κ2) is 10.3. The molecule has 33 heavy (non-hydrogen) atoms. The number of benzene rings is 2. The Morgan fingerprint density at radius 3 is 2.45 bits per heavy atom. The Bertz CT molecular complexity index is 1080. The number of imidazole rings is 1. The average molecular weight is 450 g/mol. The van der Waals surface area contributed by atoms with Crippen LogP contribution in [-0.4, -0.2) is 57.4 Å². The highest BCUT2D eigenvalue weighted by Crippen LogP contribution is 2.31. The minimum Gasteiger partial charge on any atom is -0.461 e. The van der Waals surface area contributed by atoms with Crippen molar-refractivity contribution in [3.05, 3.63) is 78.2 Å². The molecule has 1 aliphatic rings. The lowest BCUT2D eigenvalue weighted by Gasteiger charge is -2.36. The largest absolute Gasteiger partial charge is 0.461 e. The van der Waals surface area contributed by atoms with Gasteiger partial charge in [-0.05, 0) is 18.9 Å². The van der Waals surface area contributed by atoms with Gasteiger partial charge in [0.2, 0.25) is 0 Å². The monoisotopic (exact) mass is 449 g/mol. The number of ether oxygens (including phenoxy) is 2. The van der Waals surface area contributed by atoms with Gasteiger partial charge in [0.25, 0.3) is 0 Å². The van der Waals surface area contributed by atoms with Crippen LogP contribution < -0.4 is 0 Å². The first kappa shape index (κ1) is 22.5. The minimum atomic E-state index is -0.713. The molecule has 4 rings (SSSR count). The van der Waals surface area contributed by atoms with Crippen molar-refractivity contribution >= 4 is 12.1 Å².